The summed E-state index contributed by atoms with van der Waals surface area (Å²) in [4.78, 5) is 11.9. The molecule has 5 nitrogen and oxygen atoms in total. The highest BCUT2D eigenvalue weighted by molar-refractivity contribution is 5.94. The van der Waals surface area contributed by atoms with Gasteiger partial charge in [-0.3, -0.25) is 4.79 Å². The largest absolute Gasteiger partial charge is 0.385 e. The van der Waals surface area contributed by atoms with Gasteiger partial charge < -0.3 is 10.6 Å². The van der Waals surface area contributed by atoms with Crippen molar-refractivity contribution in [1.29, 1.82) is 0 Å². The van der Waals surface area contributed by atoms with E-state index in [0.29, 0.717) is 5.39 Å². The number of benzene rings is 2. The number of nitrogens with zero attached hydrogens (tertiary/aromatic N) is 1. The Labute approximate surface area is 159 Å². The van der Waals surface area contributed by atoms with E-state index in [1.807, 2.05) is 43.4 Å². The number of nitrogens with one attached hydrogen (secondary N) is 3. The van der Waals surface area contributed by atoms with Crippen molar-refractivity contribution in [1.82, 2.24) is 15.5 Å². The number of hydrogen-bond donors (Lipinski definition) is 3. The van der Waals surface area contributed by atoms with Crippen molar-refractivity contribution in [2.75, 3.05) is 25.5 Å². The first-order valence-electron chi connectivity index (χ1n) is 8.76. The summed E-state index contributed by atoms with van der Waals surface area (Å²) in [6.45, 7) is 2.02. The van der Waals surface area contributed by atoms with Gasteiger partial charge >= 0.3 is 0 Å². The van der Waals surface area contributed by atoms with E-state index in [9.17, 15) is 4.79 Å². The second-order valence-electron chi connectivity index (χ2n) is 6.12. The molecule has 3 rings (SSSR count). The molecule has 0 aliphatic heterocycles. The van der Waals surface area contributed by atoms with Gasteiger partial charge in [0.1, 0.15) is 0 Å². The zero-order valence-electron chi connectivity index (χ0n) is 14.9. The van der Waals surface area contributed by atoms with E-state index in [4.69, 9.17) is 0 Å². The van der Waals surface area contributed by atoms with Crippen LogP contribution in [0.3, 0.4) is 0 Å². The Morgan fingerprint density at radius 3 is 2.54 bits per heavy atom. The van der Waals surface area contributed by atoms with Crippen molar-refractivity contribution in [2.24, 2.45) is 0 Å². The third-order valence-corrected chi connectivity index (χ3v) is 4.26. The molecule has 1 aromatic heterocycles. The summed E-state index contributed by atoms with van der Waals surface area (Å²) in [5.41, 5.74) is 2.71. The van der Waals surface area contributed by atoms with E-state index >= 15 is 0 Å². The molecule has 0 bridgehead atoms. The fourth-order valence-corrected chi connectivity index (χ4v) is 2.95. The Hall–Kier alpha value is -2.37. The number of fused-ring (bicyclic) bond motifs is 1. The predicted octanol–water partition coefficient (Wildman–Crippen LogP) is 3.81. The van der Waals surface area contributed by atoms with Crippen LogP contribution in [0.2, 0.25) is 0 Å². The number of aromatic amines is 1. The number of H-pyrrole nitrogens is 1. The molecule has 0 atom stereocenters. The normalized spacial score (nSPS) is 10.5. The van der Waals surface area contributed by atoms with Crippen LogP contribution in [0.25, 0.3) is 22.0 Å². The fourth-order valence-electron chi connectivity index (χ4n) is 2.95. The van der Waals surface area contributed by atoms with Crippen LogP contribution >= 0.6 is 12.4 Å². The van der Waals surface area contributed by atoms with Gasteiger partial charge in [0.15, 0.2) is 0 Å². The lowest BCUT2D eigenvalue weighted by Crippen LogP contribution is -2.09. The van der Waals surface area contributed by atoms with Crippen LogP contribution in [-0.4, -0.2) is 30.3 Å². The van der Waals surface area contributed by atoms with Crippen molar-refractivity contribution in [3.8, 4) is 11.3 Å². The lowest BCUT2D eigenvalue weighted by molar-refractivity contribution is 0.655. The SMILES string of the molecule is CNCCCCCNc1cccc(-c2n[nH]c(=O)c3ccccc23)c1.Cl. The maximum atomic E-state index is 11.9. The maximum absolute atomic E-state index is 11.9. The molecular formula is C20H25ClN4O. The number of aromatic nitrogens is 2. The second kappa shape index (κ2) is 9.94. The molecule has 0 radical (unpaired) electrons. The summed E-state index contributed by atoms with van der Waals surface area (Å²) >= 11 is 0. The Bertz CT molecular complexity index is 894. The molecule has 0 fully saturated rings. The van der Waals surface area contributed by atoms with Gasteiger partial charge in [-0.2, -0.15) is 5.10 Å². The van der Waals surface area contributed by atoms with Gasteiger partial charge in [-0.15, -0.1) is 12.4 Å². The number of rotatable bonds is 8. The molecule has 0 amide bonds. The number of unbranched alkanes of at least 4 members (excludes halogenated alkanes) is 2. The minimum absolute atomic E-state index is 0. The first-order valence-corrected chi connectivity index (χ1v) is 8.76. The highest BCUT2D eigenvalue weighted by Crippen LogP contribution is 2.26. The van der Waals surface area contributed by atoms with Gasteiger partial charge in [0, 0.05) is 23.2 Å². The van der Waals surface area contributed by atoms with E-state index in [1.54, 1.807) is 0 Å². The third-order valence-electron chi connectivity index (χ3n) is 4.26. The highest BCUT2D eigenvalue weighted by Gasteiger charge is 2.08. The van der Waals surface area contributed by atoms with Gasteiger partial charge in [0.25, 0.3) is 5.56 Å². The van der Waals surface area contributed by atoms with Gasteiger partial charge in [-0.25, -0.2) is 5.10 Å². The molecule has 0 saturated carbocycles. The van der Waals surface area contributed by atoms with Gasteiger partial charge in [-0.1, -0.05) is 36.8 Å². The summed E-state index contributed by atoms with van der Waals surface area (Å²) in [5.74, 6) is 0. The molecule has 0 saturated heterocycles. The van der Waals surface area contributed by atoms with Gasteiger partial charge in [-0.05, 0) is 44.6 Å². The molecule has 0 unspecified atom stereocenters. The molecule has 6 heteroatoms. The smallest absolute Gasteiger partial charge is 0.272 e. The van der Waals surface area contributed by atoms with Crippen LogP contribution in [0.15, 0.2) is 53.3 Å². The van der Waals surface area contributed by atoms with Crippen LogP contribution in [-0.2, 0) is 0 Å². The molecule has 1 heterocycles. The molecule has 2 aromatic carbocycles. The third kappa shape index (κ3) is 4.84. The molecule has 138 valence electrons. The van der Waals surface area contributed by atoms with Crippen molar-refractivity contribution in [3.63, 3.8) is 0 Å². The molecular weight excluding hydrogens is 348 g/mol. The quantitative estimate of drug-likeness (QED) is 0.526. The second-order valence-corrected chi connectivity index (χ2v) is 6.12. The maximum Gasteiger partial charge on any atom is 0.272 e. The van der Waals surface area contributed by atoms with Crippen LogP contribution in [0, 0.1) is 0 Å². The first-order chi connectivity index (χ1) is 12.3. The monoisotopic (exact) mass is 372 g/mol. The number of halogens is 1. The minimum atomic E-state index is -0.157. The van der Waals surface area contributed by atoms with Crippen LogP contribution < -0.4 is 16.2 Å². The van der Waals surface area contributed by atoms with E-state index < -0.39 is 0 Å². The molecule has 26 heavy (non-hydrogen) atoms. The zero-order chi connectivity index (χ0) is 17.5. The average Bonchev–Trinajstić information content (AvgIpc) is 2.65. The predicted molar refractivity (Wildman–Crippen MR) is 111 cm³/mol. The molecule has 0 aliphatic carbocycles. The van der Waals surface area contributed by atoms with Crippen molar-refractivity contribution in [3.05, 3.63) is 58.9 Å². The topological polar surface area (TPSA) is 69.8 Å². The minimum Gasteiger partial charge on any atom is -0.385 e. The summed E-state index contributed by atoms with van der Waals surface area (Å²) in [6.07, 6.45) is 3.55. The Morgan fingerprint density at radius 1 is 0.962 bits per heavy atom. The summed E-state index contributed by atoms with van der Waals surface area (Å²) in [6, 6.07) is 15.7. The van der Waals surface area contributed by atoms with Crippen molar-refractivity contribution < 1.29 is 0 Å². The Balaban J connectivity index is 0.00000243. The lowest BCUT2D eigenvalue weighted by Gasteiger charge is -2.09. The first kappa shape index (κ1) is 19.9. The lowest BCUT2D eigenvalue weighted by atomic mass is 10.0. The molecule has 3 aromatic rings. The zero-order valence-corrected chi connectivity index (χ0v) is 15.7. The van der Waals surface area contributed by atoms with Crippen LogP contribution in [0.4, 0.5) is 5.69 Å². The van der Waals surface area contributed by atoms with Crippen LogP contribution in [0.1, 0.15) is 19.3 Å². The summed E-state index contributed by atoms with van der Waals surface area (Å²) in [5, 5.41) is 15.0. The van der Waals surface area contributed by atoms with Gasteiger partial charge in [0.2, 0.25) is 0 Å². The summed E-state index contributed by atoms with van der Waals surface area (Å²) in [7, 11) is 1.98. The molecule has 0 aliphatic rings. The highest BCUT2D eigenvalue weighted by atomic mass is 35.5. The van der Waals surface area contributed by atoms with E-state index in [2.05, 4.69) is 33.0 Å². The Kier molecular flexibility index (Phi) is 7.63. The average molecular weight is 373 g/mol. The number of hydrogen-bond acceptors (Lipinski definition) is 4. The standard InChI is InChI=1S/C20H24N4O.ClH/c1-21-12-5-2-6-13-22-16-9-7-8-15(14-16)19-17-10-3-4-11-18(17)20(25)24-23-19;/h3-4,7-11,14,21-22H,2,5-6,12-13H2,1H3,(H,24,25);1H. The summed E-state index contributed by atoms with van der Waals surface area (Å²) < 4.78 is 0. The fraction of sp³-hybridized carbons (Fsp3) is 0.300. The van der Waals surface area contributed by atoms with Crippen molar-refractivity contribution in [2.45, 2.75) is 19.3 Å². The Morgan fingerprint density at radius 2 is 1.73 bits per heavy atom. The van der Waals surface area contributed by atoms with Crippen molar-refractivity contribution >= 4 is 28.9 Å². The molecule has 3 N–H and O–H groups in total. The number of anilines is 1. The van der Waals surface area contributed by atoms with Gasteiger partial charge in [0.05, 0.1) is 11.1 Å². The van der Waals surface area contributed by atoms with E-state index in [0.717, 1.165) is 41.8 Å². The van der Waals surface area contributed by atoms with E-state index in [1.165, 1.54) is 12.8 Å². The van der Waals surface area contributed by atoms with Crippen LogP contribution in [0.5, 0.6) is 0 Å². The van der Waals surface area contributed by atoms with E-state index in [-0.39, 0.29) is 18.0 Å². The molecule has 0 spiro atoms.